The number of nitrogens with two attached hydrogens (primary N) is 1. The summed E-state index contributed by atoms with van der Waals surface area (Å²) in [6.45, 7) is 0.0417. The largest absolute Gasteiger partial charge is 0.402 e. The fraction of sp³-hybridized carbons (Fsp3) is 0.188. The molecular formula is C16H19N3O. The predicted octanol–water partition coefficient (Wildman–Crippen LogP) is 2.47. The Bertz CT molecular complexity index is 559. The molecule has 1 aliphatic rings. The molecule has 1 atom stereocenters. The van der Waals surface area contributed by atoms with Crippen molar-refractivity contribution in [3.05, 3.63) is 78.0 Å². The lowest BCUT2D eigenvalue weighted by molar-refractivity contribution is 0.277. The van der Waals surface area contributed by atoms with Gasteiger partial charge in [-0.15, -0.1) is 0 Å². The molecule has 1 aromatic heterocycles. The second-order valence-electron chi connectivity index (χ2n) is 4.53. The molecule has 104 valence electrons. The average Bonchev–Trinajstić information content (AvgIpc) is 3.03. The van der Waals surface area contributed by atoms with Gasteiger partial charge in [0, 0.05) is 11.6 Å². The molecule has 0 radical (unpaired) electrons. The highest BCUT2D eigenvalue weighted by molar-refractivity contribution is 5.32. The Balaban J connectivity index is 0.000000178. The van der Waals surface area contributed by atoms with Crippen LogP contribution in [0.25, 0.3) is 0 Å². The molecule has 1 aromatic carbocycles. The van der Waals surface area contributed by atoms with Crippen LogP contribution in [0.4, 0.5) is 0 Å². The molecule has 1 heterocycles. The van der Waals surface area contributed by atoms with Crippen molar-refractivity contribution in [2.45, 2.75) is 18.9 Å². The molecule has 4 nitrogen and oxygen atoms in total. The molecule has 3 rings (SSSR count). The fourth-order valence-corrected chi connectivity index (χ4v) is 2.03. The molecule has 4 N–H and O–H groups in total. The maximum absolute atomic E-state index is 8.36. The van der Waals surface area contributed by atoms with E-state index in [9.17, 15) is 0 Å². The van der Waals surface area contributed by atoms with E-state index in [0.717, 1.165) is 17.8 Å². The van der Waals surface area contributed by atoms with Gasteiger partial charge >= 0.3 is 0 Å². The van der Waals surface area contributed by atoms with Crippen LogP contribution in [-0.2, 0) is 6.61 Å². The summed E-state index contributed by atoms with van der Waals surface area (Å²) in [5, 5.41) is 8.36. The van der Waals surface area contributed by atoms with Gasteiger partial charge in [-0.25, -0.2) is 4.98 Å². The van der Waals surface area contributed by atoms with Crippen molar-refractivity contribution in [3.63, 3.8) is 0 Å². The summed E-state index contributed by atoms with van der Waals surface area (Å²) in [7, 11) is 0. The van der Waals surface area contributed by atoms with Crippen molar-refractivity contribution in [2.75, 3.05) is 0 Å². The van der Waals surface area contributed by atoms with Crippen LogP contribution in [0.1, 0.15) is 23.6 Å². The number of aliphatic hydroxyl groups is 1. The number of hydrogen-bond acceptors (Lipinski definition) is 3. The number of nitrogens with zero attached hydrogens (tertiary/aromatic N) is 1. The highest BCUT2D eigenvalue weighted by atomic mass is 16.3. The Labute approximate surface area is 118 Å². The minimum Gasteiger partial charge on any atom is -0.402 e. The lowest BCUT2D eigenvalue weighted by atomic mass is 9.90. The second-order valence-corrected chi connectivity index (χ2v) is 4.53. The molecule has 0 bridgehead atoms. The van der Waals surface area contributed by atoms with Crippen LogP contribution in [0.2, 0.25) is 0 Å². The normalized spacial score (nSPS) is 17.1. The summed E-state index contributed by atoms with van der Waals surface area (Å²) >= 11 is 0. The highest BCUT2D eigenvalue weighted by Crippen LogP contribution is 2.27. The van der Waals surface area contributed by atoms with Gasteiger partial charge in [-0.2, -0.15) is 0 Å². The van der Waals surface area contributed by atoms with E-state index in [1.165, 1.54) is 11.9 Å². The number of aliphatic hydroxyl groups excluding tert-OH is 1. The molecule has 0 fully saturated rings. The van der Waals surface area contributed by atoms with Crippen LogP contribution in [0.15, 0.2) is 66.8 Å². The molecule has 0 saturated carbocycles. The van der Waals surface area contributed by atoms with E-state index in [0.29, 0.717) is 5.92 Å². The van der Waals surface area contributed by atoms with E-state index in [1.54, 1.807) is 6.20 Å². The van der Waals surface area contributed by atoms with Crippen molar-refractivity contribution >= 4 is 0 Å². The minimum absolute atomic E-state index is 0.0417. The number of rotatable bonds is 2. The zero-order valence-electron chi connectivity index (χ0n) is 11.2. The molecule has 1 aliphatic carbocycles. The standard InChI is InChI=1S/C12H13N.C4H6N2O/c13-12-9-5-4-8-11(12)10-6-2-1-3-7-10;7-2-4-1-5-3-6-4/h1-7,9,11H,8,13H2;1,3,7H,2H2,(H,5,6). The topological polar surface area (TPSA) is 74.9 Å². The van der Waals surface area contributed by atoms with Crippen molar-refractivity contribution < 1.29 is 5.11 Å². The van der Waals surface area contributed by atoms with Crippen molar-refractivity contribution in [1.29, 1.82) is 0 Å². The van der Waals surface area contributed by atoms with Gasteiger partial charge < -0.3 is 15.8 Å². The van der Waals surface area contributed by atoms with Gasteiger partial charge in [0.05, 0.1) is 24.8 Å². The molecule has 1 unspecified atom stereocenters. The quantitative estimate of drug-likeness (QED) is 0.784. The van der Waals surface area contributed by atoms with Gasteiger partial charge in [-0.05, 0) is 18.1 Å². The molecule has 0 spiro atoms. The number of hydrogen-bond donors (Lipinski definition) is 3. The van der Waals surface area contributed by atoms with Crippen LogP contribution in [0.3, 0.4) is 0 Å². The third kappa shape index (κ3) is 3.83. The number of aromatic nitrogens is 2. The number of aromatic amines is 1. The molecule has 0 aliphatic heterocycles. The van der Waals surface area contributed by atoms with Crippen LogP contribution in [0.5, 0.6) is 0 Å². The van der Waals surface area contributed by atoms with Crippen LogP contribution in [0, 0.1) is 0 Å². The van der Waals surface area contributed by atoms with E-state index in [2.05, 4.69) is 40.3 Å². The molecule has 4 heteroatoms. The molecule has 0 saturated heterocycles. The Morgan fingerprint density at radius 2 is 2.10 bits per heavy atom. The van der Waals surface area contributed by atoms with Crippen molar-refractivity contribution in [1.82, 2.24) is 9.97 Å². The van der Waals surface area contributed by atoms with Gasteiger partial charge in [0.2, 0.25) is 0 Å². The average molecular weight is 269 g/mol. The molecule has 20 heavy (non-hydrogen) atoms. The number of benzene rings is 1. The first-order valence-electron chi connectivity index (χ1n) is 6.56. The first-order chi connectivity index (χ1) is 9.81. The van der Waals surface area contributed by atoms with Crippen LogP contribution < -0.4 is 5.73 Å². The summed E-state index contributed by atoms with van der Waals surface area (Å²) in [4.78, 5) is 6.40. The van der Waals surface area contributed by atoms with Crippen molar-refractivity contribution in [3.8, 4) is 0 Å². The number of imidazole rings is 1. The van der Waals surface area contributed by atoms with Gasteiger partial charge in [0.25, 0.3) is 0 Å². The summed E-state index contributed by atoms with van der Waals surface area (Å²) in [5.41, 5.74) is 8.94. The maximum atomic E-state index is 8.36. The highest BCUT2D eigenvalue weighted by Gasteiger charge is 2.13. The van der Waals surface area contributed by atoms with E-state index in [4.69, 9.17) is 10.8 Å². The third-order valence-corrected chi connectivity index (χ3v) is 3.13. The number of allylic oxidation sites excluding steroid dienone is 4. The van der Waals surface area contributed by atoms with E-state index in [1.807, 2.05) is 18.2 Å². The molecule has 0 amide bonds. The van der Waals surface area contributed by atoms with Gasteiger partial charge in [0.15, 0.2) is 0 Å². The van der Waals surface area contributed by atoms with E-state index < -0.39 is 0 Å². The Hall–Kier alpha value is -2.33. The maximum Gasteiger partial charge on any atom is 0.0922 e. The van der Waals surface area contributed by atoms with Gasteiger partial charge in [0.1, 0.15) is 0 Å². The zero-order valence-corrected chi connectivity index (χ0v) is 11.2. The zero-order chi connectivity index (χ0) is 14.2. The number of nitrogens with one attached hydrogen (secondary N) is 1. The SMILES string of the molecule is NC1=CC=CCC1c1ccccc1.OCc1cnc[nH]1. The molecule has 2 aromatic rings. The third-order valence-electron chi connectivity index (χ3n) is 3.13. The van der Waals surface area contributed by atoms with E-state index in [-0.39, 0.29) is 6.61 Å². The van der Waals surface area contributed by atoms with Crippen LogP contribution in [-0.4, -0.2) is 15.1 Å². The minimum atomic E-state index is 0.0417. The van der Waals surface area contributed by atoms with Crippen molar-refractivity contribution in [2.24, 2.45) is 5.73 Å². The monoisotopic (exact) mass is 269 g/mol. The van der Waals surface area contributed by atoms with Crippen LogP contribution >= 0.6 is 0 Å². The molecular weight excluding hydrogens is 250 g/mol. The smallest absolute Gasteiger partial charge is 0.0922 e. The summed E-state index contributed by atoms with van der Waals surface area (Å²) in [5.74, 6) is 0.381. The first-order valence-corrected chi connectivity index (χ1v) is 6.56. The Kier molecular flexibility index (Phi) is 5.15. The van der Waals surface area contributed by atoms with E-state index >= 15 is 0 Å². The van der Waals surface area contributed by atoms with Gasteiger partial charge in [-0.1, -0.05) is 42.5 Å². The summed E-state index contributed by atoms with van der Waals surface area (Å²) in [6, 6.07) is 10.4. The summed E-state index contributed by atoms with van der Waals surface area (Å²) in [6.07, 6.45) is 10.3. The lowest BCUT2D eigenvalue weighted by Gasteiger charge is -2.18. The summed E-state index contributed by atoms with van der Waals surface area (Å²) < 4.78 is 0. The second kappa shape index (κ2) is 7.31. The number of H-pyrrole nitrogens is 1. The first kappa shape index (κ1) is 14.1. The Morgan fingerprint density at radius 1 is 1.30 bits per heavy atom. The fourth-order valence-electron chi connectivity index (χ4n) is 2.03. The lowest BCUT2D eigenvalue weighted by Crippen LogP contribution is -2.11. The van der Waals surface area contributed by atoms with Gasteiger partial charge in [-0.3, -0.25) is 0 Å². The Morgan fingerprint density at radius 3 is 2.65 bits per heavy atom. The predicted molar refractivity (Wildman–Crippen MR) is 79.7 cm³/mol.